The first-order valence-electron chi connectivity index (χ1n) is 7.16. The fourth-order valence-electron chi connectivity index (χ4n) is 2.61. The molecule has 3 N–H and O–H groups in total. The molecule has 24 heavy (non-hydrogen) atoms. The fourth-order valence-corrected chi connectivity index (χ4v) is 2.61. The number of benzene rings is 2. The highest BCUT2D eigenvalue weighted by Gasteiger charge is 2.36. The zero-order chi connectivity index (χ0) is 17.3. The molecule has 8 heteroatoms. The Labute approximate surface area is 137 Å². The number of rotatable bonds is 4. The monoisotopic (exact) mass is 326 g/mol. The van der Waals surface area contributed by atoms with E-state index in [0.29, 0.717) is 5.69 Å². The summed E-state index contributed by atoms with van der Waals surface area (Å²) in [5, 5.41) is 13.8. The molecule has 1 heterocycles. The number of non-ortho nitro benzene ring substituents is 1. The minimum atomic E-state index is -1.02. The van der Waals surface area contributed by atoms with Crippen molar-refractivity contribution in [3.8, 4) is 0 Å². The van der Waals surface area contributed by atoms with E-state index in [2.05, 4.69) is 5.32 Å². The molecule has 0 aromatic heterocycles. The van der Waals surface area contributed by atoms with Gasteiger partial charge in [-0.15, -0.1) is 0 Å². The number of primary amides is 1. The van der Waals surface area contributed by atoms with Gasteiger partial charge in [0, 0.05) is 24.4 Å². The molecule has 1 aliphatic heterocycles. The number of anilines is 1. The number of nitrogens with two attached hydrogens (primary N) is 1. The Balaban J connectivity index is 2.01. The van der Waals surface area contributed by atoms with Crippen LogP contribution in [-0.2, 0) is 11.3 Å². The van der Waals surface area contributed by atoms with E-state index in [9.17, 15) is 19.7 Å². The Morgan fingerprint density at radius 3 is 2.58 bits per heavy atom. The van der Waals surface area contributed by atoms with Gasteiger partial charge in [0.25, 0.3) is 17.5 Å². The maximum Gasteiger partial charge on any atom is 0.270 e. The van der Waals surface area contributed by atoms with Crippen molar-refractivity contribution in [3.63, 3.8) is 0 Å². The van der Waals surface area contributed by atoms with Crippen LogP contribution in [0.15, 0.2) is 48.5 Å². The number of hydrogen-bond donors (Lipinski definition) is 2. The normalized spacial score (nSPS) is 16.2. The average Bonchev–Trinajstić information content (AvgIpc) is 2.57. The predicted molar refractivity (Wildman–Crippen MR) is 86.0 cm³/mol. The molecule has 3 rings (SSSR count). The second-order valence-electron chi connectivity index (χ2n) is 5.35. The van der Waals surface area contributed by atoms with Crippen molar-refractivity contribution < 1.29 is 14.5 Å². The first kappa shape index (κ1) is 15.5. The van der Waals surface area contributed by atoms with Crippen molar-refractivity contribution in [2.45, 2.75) is 12.7 Å². The van der Waals surface area contributed by atoms with Gasteiger partial charge in [0.05, 0.1) is 10.5 Å². The average molecular weight is 326 g/mol. The summed E-state index contributed by atoms with van der Waals surface area (Å²) < 4.78 is 0. The highest BCUT2D eigenvalue weighted by atomic mass is 16.6. The molecule has 8 nitrogen and oxygen atoms in total. The van der Waals surface area contributed by atoms with Crippen molar-refractivity contribution in [2.24, 2.45) is 5.73 Å². The number of nitro benzene ring substituents is 1. The summed E-state index contributed by atoms with van der Waals surface area (Å²) in [4.78, 5) is 36.1. The fraction of sp³-hybridized carbons (Fsp3) is 0.125. The Kier molecular flexibility index (Phi) is 3.87. The predicted octanol–water partition coefficient (Wildman–Crippen LogP) is 1.47. The summed E-state index contributed by atoms with van der Waals surface area (Å²) in [6, 6.07) is 13.0. The van der Waals surface area contributed by atoms with E-state index >= 15 is 0 Å². The lowest BCUT2D eigenvalue weighted by Crippen LogP contribution is -2.54. The van der Waals surface area contributed by atoms with Crippen LogP contribution in [-0.4, -0.2) is 27.8 Å². The van der Waals surface area contributed by atoms with Crippen LogP contribution in [0.5, 0.6) is 0 Å². The Morgan fingerprint density at radius 2 is 1.96 bits per heavy atom. The quantitative estimate of drug-likeness (QED) is 0.651. The third-order valence-electron chi connectivity index (χ3n) is 3.77. The molecule has 1 unspecified atom stereocenters. The minimum Gasteiger partial charge on any atom is -0.366 e. The number of carbonyl (C=O) groups is 2. The van der Waals surface area contributed by atoms with Gasteiger partial charge >= 0.3 is 0 Å². The second kappa shape index (κ2) is 5.99. The summed E-state index contributed by atoms with van der Waals surface area (Å²) in [7, 11) is 0. The molecule has 1 aliphatic rings. The van der Waals surface area contributed by atoms with Crippen molar-refractivity contribution in [1.82, 2.24) is 4.90 Å². The van der Waals surface area contributed by atoms with Crippen LogP contribution in [0.1, 0.15) is 15.9 Å². The summed E-state index contributed by atoms with van der Waals surface area (Å²) in [5.74, 6) is -1.19. The maximum atomic E-state index is 12.8. The summed E-state index contributed by atoms with van der Waals surface area (Å²) in [5.41, 5.74) is 6.51. The van der Waals surface area contributed by atoms with Gasteiger partial charge in [-0.05, 0) is 11.6 Å². The molecule has 0 saturated carbocycles. The molecule has 0 aliphatic carbocycles. The van der Waals surface area contributed by atoms with Gasteiger partial charge in [-0.3, -0.25) is 19.7 Å². The molecule has 0 bridgehead atoms. The number of nitrogens with one attached hydrogen (secondary N) is 1. The molecule has 0 radical (unpaired) electrons. The van der Waals surface area contributed by atoms with Gasteiger partial charge in [-0.25, -0.2) is 0 Å². The molecule has 2 aromatic carbocycles. The summed E-state index contributed by atoms with van der Waals surface area (Å²) in [6.07, 6.45) is -1.02. The number of amides is 2. The van der Waals surface area contributed by atoms with E-state index in [4.69, 9.17) is 5.73 Å². The van der Waals surface area contributed by atoms with E-state index in [1.807, 2.05) is 30.3 Å². The Hall–Kier alpha value is -3.42. The highest BCUT2D eigenvalue weighted by molar-refractivity contribution is 6.05. The molecule has 2 aromatic rings. The van der Waals surface area contributed by atoms with Crippen molar-refractivity contribution in [3.05, 3.63) is 69.8 Å². The number of nitro groups is 1. The number of nitrogens with zero attached hydrogens (tertiary/aromatic N) is 2. The number of fused-ring (bicyclic) bond motifs is 1. The Bertz CT molecular complexity index is 822. The van der Waals surface area contributed by atoms with E-state index in [1.165, 1.54) is 23.1 Å². The second-order valence-corrected chi connectivity index (χ2v) is 5.35. The van der Waals surface area contributed by atoms with Crippen LogP contribution < -0.4 is 11.1 Å². The molecule has 0 saturated heterocycles. The van der Waals surface area contributed by atoms with Gasteiger partial charge in [0.1, 0.15) is 0 Å². The first-order chi connectivity index (χ1) is 11.5. The number of carbonyl (C=O) groups excluding carboxylic acids is 2. The third kappa shape index (κ3) is 2.76. The maximum absolute atomic E-state index is 12.8. The van der Waals surface area contributed by atoms with Crippen LogP contribution in [0.3, 0.4) is 0 Å². The van der Waals surface area contributed by atoms with E-state index in [-0.39, 0.29) is 17.8 Å². The highest BCUT2D eigenvalue weighted by Crippen LogP contribution is 2.29. The van der Waals surface area contributed by atoms with Crippen LogP contribution in [0.4, 0.5) is 11.4 Å². The molecule has 0 fully saturated rings. The Morgan fingerprint density at radius 1 is 1.25 bits per heavy atom. The lowest BCUT2D eigenvalue weighted by atomic mass is 10.0. The summed E-state index contributed by atoms with van der Waals surface area (Å²) in [6.45, 7) is 0.155. The van der Waals surface area contributed by atoms with Crippen molar-refractivity contribution in [1.29, 1.82) is 0 Å². The number of hydrogen-bond acceptors (Lipinski definition) is 5. The van der Waals surface area contributed by atoms with E-state index in [0.717, 1.165) is 5.56 Å². The largest absolute Gasteiger partial charge is 0.366 e. The van der Waals surface area contributed by atoms with Crippen LogP contribution >= 0.6 is 0 Å². The van der Waals surface area contributed by atoms with Crippen LogP contribution in [0, 0.1) is 10.1 Å². The van der Waals surface area contributed by atoms with Gasteiger partial charge in [-0.1, -0.05) is 30.3 Å². The minimum absolute atomic E-state index is 0.137. The van der Waals surface area contributed by atoms with Gasteiger partial charge < -0.3 is 16.0 Å². The van der Waals surface area contributed by atoms with E-state index < -0.39 is 22.9 Å². The van der Waals surface area contributed by atoms with Crippen LogP contribution in [0.2, 0.25) is 0 Å². The van der Waals surface area contributed by atoms with Gasteiger partial charge in [0.15, 0.2) is 6.17 Å². The zero-order valence-electron chi connectivity index (χ0n) is 12.5. The first-order valence-corrected chi connectivity index (χ1v) is 7.16. The lowest BCUT2D eigenvalue weighted by molar-refractivity contribution is -0.384. The molecule has 2 amide bonds. The summed E-state index contributed by atoms with van der Waals surface area (Å²) >= 11 is 0. The molecule has 0 spiro atoms. The molecule has 122 valence electrons. The SMILES string of the molecule is NC(=O)C1Nc2ccc([N+](=O)[O-])cc2C(=O)N1Cc1ccccc1. The third-order valence-corrected chi connectivity index (χ3v) is 3.77. The molecular weight excluding hydrogens is 312 g/mol. The van der Waals surface area contributed by atoms with Gasteiger partial charge in [0.2, 0.25) is 0 Å². The van der Waals surface area contributed by atoms with Crippen molar-refractivity contribution in [2.75, 3.05) is 5.32 Å². The van der Waals surface area contributed by atoms with Gasteiger partial charge in [-0.2, -0.15) is 0 Å². The van der Waals surface area contributed by atoms with E-state index in [1.54, 1.807) is 0 Å². The van der Waals surface area contributed by atoms with Crippen LogP contribution in [0.25, 0.3) is 0 Å². The topological polar surface area (TPSA) is 119 Å². The molecular formula is C16H14N4O4. The lowest BCUT2D eigenvalue weighted by Gasteiger charge is -2.35. The molecule has 1 atom stereocenters. The van der Waals surface area contributed by atoms with Crippen molar-refractivity contribution >= 4 is 23.2 Å². The standard InChI is InChI=1S/C16H14N4O4/c17-14(21)15-18-13-7-6-11(20(23)24)8-12(13)16(22)19(15)9-10-4-2-1-3-5-10/h1-8,15,18H,9H2,(H2,17,21). The smallest absolute Gasteiger partial charge is 0.270 e. The zero-order valence-corrected chi connectivity index (χ0v) is 12.5.